The van der Waals surface area contributed by atoms with E-state index >= 15 is 0 Å². The SMILES string of the molecule is COC(=O)C1=C(C)Nc2cc[nH]c(=O)c2C1c1ccccc1C(F)(F)F. The lowest BCUT2D eigenvalue weighted by atomic mass is 9.79. The number of nitrogens with one attached hydrogen (secondary N) is 2. The van der Waals surface area contributed by atoms with Gasteiger partial charge < -0.3 is 15.0 Å². The second-order valence-electron chi connectivity index (χ2n) is 5.81. The van der Waals surface area contributed by atoms with Gasteiger partial charge >= 0.3 is 12.1 Å². The van der Waals surface area contributed by atoms with Crippen molar-refractivity contribution in [1.29, 1.82) is 0 Å². The fourth-order valence-electron chi connectivity index (χ4n) is 3.22. The summed E-state index contributed by atoms with van der Waals surface area (Å²) in [4.78, 5) is 27.2. The number of H-pyrrole nitrogens is 1. The Morgan fingerprint density at radius 3 is 2.54 bits per heavy atom. The van der Waals surface area contributed by atoms with Crippen LogP contribution in [0, 0.1) is 0 Å². The van der Waals surface area contributed by atoms with E-state index in [4.69, 9.17) is 4.74 Å². The lowest BCUT2D eigenvalue weighted by molar-refractivity contribution is -0.139. The molecule has 0 saturated carbocycles. The minimum atomic E-state index is -4.64. The van der Waals surface area contributed by atoms with E-state index < -0.39 is 29.2 Å². The first-order valence-corrected chi connectivity index (χ1v) is 7.69. The van der Waals surface area contributed by atoms with Gasteiger partial charge in [0.1, 0.15) is 0 Å². The number of carbonyl (C=O) groups excluding carboxylic acids is 1. The van der Waals surface area contributed by atoms with E-state index in [9.17, 15) is 22.8 Å². The molecule has 0 amide bonds. The number of methoxy groups -OCH3 is 1. The average Bonchev–Trinajstić information content (AvgIpc) is 2.59. The van der Waals surface area contributed by atoms with Crippen molar-refractivity contribution in [2.45, 2.75) is 19.0 Å². The van der Waals surface area contributed by atoms with E-state index in [2.05, 4.69) is 10.3 Å². The number of benzene rings is 1. The second kappa shape index (κ2) is 6.36. The molecule has 0 fully saturated rings. The zero-order valence-corrected chi connectivity index (χ0v) is 13.9. The quantitative estimate of drug-likeness (QED) is 0.802. The average molecular weight is 364 g/mol. The second-order valence-corrected chi connectivity index (χ2v) is 5.81. The molecule has 3 rings (SSSR count). The zero-order valence-electron chi connectivity index (χ0n) is 13.9. The largest absolute Gasteiger partial charge is 0.466 e. The molecule has 5 nitrogen and oxygen atoms in total. The van der Waals surface area contributed by atoms with E-state index in [0.717, 1.165) is 13.2 Å². The van der Waals surface area contributed by atoms with E-state index in [-0.39, 0.29) is 16.7 Å². The number of aromatic nitrogens is 1. The molecule has 2 N–H and O–H groups in total. The third-order valence-electron chi connectivity index (χ3n) is 4.29. The predicted molar refractivity (Wildman–Crippen MR) is 88.7 cm³/mol. The van der Waals surface area contributed by atoms with E-state index in [0.29, 0.717) is 11.4 Å². The minimum absolute atomic E-state index is 0.0339. The molecule has 2 heterocycles. The molecule has 26 heavy (non-hydrogen) atoms. The number of pyridine rings is 1. The summed E-state index contributed by atoms with van der Waals surface area (Å²) in [6, 6.07) is 6.44. The summed E-state index contributed by atoms with van der Waals surface area (Å²) in [5, 5.41) is 2.90. The fraction of sp³-hybridized carbons (Fsp3) is 0.222. The Labute approximate surface area is 146 Å². The number of hydrogen-bond acceptors (Lipinski definition) is 4. The number of alkyl halides is 3. The van der Waals surface area contributed by atoms with Crippen LogP contribution in [0.4, 0.5) is 18.9 Å². The number of ether oxygens (including phenoxy) is 1. The summed E-state index contributed by atoms with van der Waals surface area (Å²) in [5.74, 6) is -2.01. The fourth-order valence-corrected chi connectivity index (χ4v) is 3.22. The number of esters is 1. The third-order valence-corrected chi connectivity index (χ3v) is 4.29. The molecular formula is C18H15F3N2O3. The molecule has 8 heteroatoms. The van der Waals surface area contributed by atoms with Gasteiger partial charge in [0.05, 0.1) is 29.7 Å². The van der Waals surface area contributed by atoms with Crippen molar-refractivity contribution in [3.05, 3.63) is 74.8 Å². The molecule has 1 aromatic heterocycles. The molecule has 0 radical (unpaired) electrons. The number of hydrogen-bond donors (Lipinski definition) is 2. The van der Waals surface area contributed by atoms with Gasteiger partial charge in [0.15, 0.2) is 0 Å². The van der Waals surface area contributed by atoms with E-state index in [1.54, 1.807) is 6.92 Å². The Kier molecular flexibility index (Phi) is 4.35. The number of halogens is 3. The van der Waals surface area contributed by atoms with Gasteiger partial charge in [0.25, 0.3) is 5.56 Å². The van der Waals surface area contributed by atoms with Gasteiger partial charge in [-0.05, 0) is 24.6 Å². The molecule has 0 spiro atoms. The zero-order chi connectivity index (χ0) is 19.1. The van der Waals surface area contributed by atoms with Gasteiger partial charge in [-0.1, -0.05) is 18.2 Å². The van der Waals surface area contributed by atoms with Crippen molar-refractivity contribution in [3.63, 3.8) is 0 Å². The van der Waals surface area contributed by atoms with Crippen molar-refractivity contribution in [2.24, 2.45) is 0 Å². The first-order chi connectivity index (χ1) is 12.3. The molecule has 1 aliphatic heterocycles. The monoisotopic (exact) mass is 364 g/mol. The van der Waals surface area contributed by atoms with Crippen LogP contribution in [0.25, 0.3) is 0 Å². The van der Waals surface area contributed by atoms with Gasteiger partial charge in [-0.3, -0.25) is 4.79 Å². The van der Waals surface area contributed by atoms with Crippen LogP contribution in [0.15, 0.2) is 52.6 Å². The molecule has 1 aliphatic rings. The molecular weight excluding hydrogens is 349 g/mol. The standard InChI is InChI=1S/C18H15F3N2O3/c1-9-13(17(25)26-2)14(15-12(23-9)7-8-22-16(15)24)10-5-3-4-6-11(10)18(19,20)21/h3-8,14,23H,1-2H3,(H,22,24). The summed E-state index contributed by atoms with van der Waals surface area (Å²) >= 11 is 0. The lowest BCUT2D eigenvalue weighted by Crippen LogP contribution is -2.30. The maximum atomic E-state index is 13.6. The van der Waals surface area contributed by atoms with Gasteiger partial charge in [-0.15, -0.1) is 0 Å². The Bertz CT molecular complexity index is 961. The van der Waals surface area contributed by atoms with Crippen LogP contribution < -0.4 is 10.9 Å². The third kappa shape index (κ3) is 2.87. The summed E-state index contributed by atoms with van der Waals surface area (Å²) in [6.07, 6.45) is -3.25. The predicted octanol–water partition coefficient (Wildman–Crippen LogP) is 3.40. The number of anilines is 1. The Morgan fingerprint density at radius 2 is 1.88 bits per heavy atom. The Hall–Kier alpha value is -3.03. The highest BCUT2D eigenvalue weighted by Crippen LogP contribution is 2.44. The van der Waals surface area contributed by atoms with E-state index in [1.807, 2.05) is 0 Å². The first kappa shape index (κ1) is 17.8. The van der Waals surface area contributed by atoms with Crippen LogP contribution >= 0.6 is 0 Å². The van der Waals surface area contributed by atoms with Crippen LogP contribution in [0.3, 0.4) is 0 Å². The van der Waals surface area contributed by atoms with Crippen molar-refractivity contribution < 1.29 is 22.7 Å². The van der Waals surface area contributed by atoms with Crippen molar-refractivity contribution in [2.75, 3.05) is 12.4 Å². The molecule has 1 aromatic carbocycles. The Balaban J connectivity index is 2.37. The summed E-state index contributed by atoms with van der Waals surface area (Å²) in [7, 11) is 1.14. The molecule has 1 atom stereocenters. The number of allylic oxidation sites excluding steroid dienone is 1. The lowest BCUT2D eigenvalue weighted by Gasteiger charge is -2.30. The van der Waals surface area contributed by atoms with Crippen LogP contribution in [0.1, 0.15) is 29.5 Å². The van der Waals surface area contributed by atoms with Gasteiger partial charge in [0.2, 0.25) is 0 Å². The van der Waals surface area contributed by atoms with Crippen molar-refractivity contribution >= 4 is 11.7 Å². The first-order valence-electron chi connectivity index (χ1n) is 7.69. The maximum absolute atomic E-state index is 13.6. The minimum Gasteiger partial charge on any atom is -0.466 e. The van der Waals surface area contributed by atoms with Crippen LogP contribution in [0.2, 0.25) is 0 Å². The van der Waals surface area contributed by atoms with Crippen LogP contribution in [0.5, 0.6) is 0 Å². The molecule has 136 valence electrons. The summed E-state index contributed by atoms with van der Waals surface area (Å²) in [5.41, 5.74) is -0.984. The van der Waals surface area contributed by atoms with Gasteiger partial charge in [0, 0.05) is 17.6 Å². The maximum Gasteiger partial charge on any atom is 0.416 e. The van der Waals surface area contributed by atoms with Crippen LogP contribution in [-0.4, -0.2) is 18.1 Å². The van der Waals surface area contributed by atoms with Gasteiger partial charge in [-0.2, -0.15) is 13.2 Å². The van der Waals surface area contributed by atoms with Crippen LogP contribution in [-0.2, 0) is 15.7 Å². The molecule has 0 saturated heterocycles. The highest BCUT2D eigenvalue weighted by atomic mass is 19.4. The van der Waals surface area contributed by atoms with Gasteiger partial charge in [-0.25, -0.2) is 4.79 Å². The normalized spacial score (nSPS) is 16.7. The smallest absolute Gasteiger partial charge is 0.416 e. The molecule has 0 aliphatic carbocycles. The summed E-state index contributed by atoms with van der Waals surface area (Å²) in [6.45, 7) is 1.56. The highest BCUT2D eigenvalue weighted by molar-refractivity contribution is 5.94. The number of carbonyl (C=O) groups is 1. The van der Waals surface area contributed by atoms with Crippen molar-refractivity contribution in [3.8, 4) is 0 Å². The number of fused-ring (bicyclic) bond motifs is 1. The molecule has 0 bridgehead atoms. The number of aromatic amines is 1. The molecule has 2 aromatic rings. The Morgan fingerprint density at radius 1 is 1.19 bits per heavy atom. The highest BCUT2D eigenvalue weighted by Gasteiger charge is 2.41. The topological polar surface area (TPSA) is 71.2 Å². The molecule has 1 unspecified atom stereocenters. The number of rotatable bonds is 2. The summed E-state index contributed by atoms with van der Waals surface area (Å²) < 4.78 is 45.4. The van der Waals surface area contributed by atoms with E-state index in [1.165, 1.54) is 30.5 Å². The van der Waals surface area contributed by atoms with Crippen molar-refractivity contribution in [1.82, 2.24) is 4.98 Å².